The molecule has 2 aromatic heterocycles. The first-order valence-corrected chi connectivity index (χ1v) is 14.7. The number of hydrogen-bond acceptors (Lipinski definition) is 7. The first-order valence-electron chi connectivity index (χ1n) is 10.4. The van der Waals surface area contributed by atoms with Crippen LogP contribution in [0, 0.1) is 5.92 Å². The maximum absolute atomic E-state index is 13.6. The summed E-state index contributed by atoms with van der Waals surface area (Å²) in [6.45, 7) is 1.85. The van der Waals surface area contributed by atoms with Gasteiger partial charge in [0.15, 0.2) is 5.13 Å². The summed E-state index contributed by atoms with van der Waals surface area (Å²) in [6, 6.07) is 9.01. The van der Waals surface area contributed by atoms with E-state index in [1.165, 1.54) is 21.7 Å². The highest BCUT2D eigenvalue weighted by atomic mass is 79.9. The topological polar surface area (TPSA) is 73.8 Å². The number of thiophene rings is 1. The number of carbonyl (C=O) groups is 1. The van der Waals surface area contributed by atoms with Crippen molar-refractivity contribution in [2.24, 2.45) is 5.92 Å². The van der Waals surface area contributed by atoms with E-state index in [9.17, 15) is 13.2 Å². The van der Waals surface area contributed by atoms with Crippen LogP contribution < -0.4 is 4.90 Å². The Labute approximate surface area is 215 Å². The number of rotatable bonds is 7. The van der Waals surface area contributed by atoms with Crippen LogP contribution in [0.25, 0.3) is 10.2 Å². The lowest BCUT2D eigenvalue weighted by atomic mass is 9.96. The van der Waals surface area contributed by atoms with Gasteiger partial charge in [-0.25, -0.2) is 13.4 Å². The molecule has 0 aliphatic carbocycles. The number of hydrogen-bond donors (Lipinski definition) is 0. The first-order chi connectivity index (χ1) is 15.6. The molecule has 0 unspecified atom stereocenters. The molecule has 33 heavy (non-hydrogen) atoms. The van der Waals surface area contributed by atoms with Gasteiger partial charge in [-0.1, -0.05) is 38.9 Å². The van der Waals surface area contributed by atoms with Crippen molar-refractivity contribution in [2.75, 3.05) is 45.2 Å². The second kappa shape index (κ2) is 10.3. The minimum atomic E-state index is -3.58. The van der Waals surface area contributed by atoms with Crippen LogP contribution in [0.15, 0.2) is 39.0 Å². The zero-order valence-electron chi connectivity index (χ0n) is 18.2. The number of piperidine rings is 1. The summed E-state index contributed by atoms with van der Waals surface area (Å²) >= 11 is 12.0. The summed E-state index contributed by atoms with van der Waals surface area (Å²) < 4.78 is 29.9. The van der Waals surface area contributed by atoms with Crippen molar-refractivity contribution in [3.05, 3.63) is 39.1 Å². The summed E-state index contributed by atoms with van der Waals surface area (Å²) in [5, 5.41) is 0.679. The Morgan fingerprint density at radius 1 is 1.18 bits per heavy atom. The SMILES string of the molecule is CN(C)CCN(C(=O)C1CCN(S(=O)(=O)c2ccc(Cl)s2)CC1)c1nc2ccc(Br)cc2s1. The zero-order chi connectivity index (χ0) is 23.8. The molecule has 0 bridgehead atoms. The third-order valence-corrected chi connectivity index (χ3v) is 10.7. The number of likely N-dealkylation sites (N-methyl/N-ethyl adjacent to an activating group) is 1. The van der Waals surface area contributed by atoms with Crippen LogP contribution in [-0.4, -0.2) is 68.8 Å². The van der Waals surface area contributed by atoms with Gasteiger partial charge < -0.3 is 4.90 Å². The first kappa shape index (κ1) is 25.0. The van der Waals surface area contributed by atoms with Crippen LogP contribution >= 0.6 is 50.2 Å². The van der Waals surface area contributed by atoms with Gasteiger partial charge in [-0.3, -0.25) is 9.69 Å². The fraction of sp³-hybridized carbons (Fsp3) is 0.429. The molecule has 12 heteroatoms. The smallest absolute Gasteiger partial charge is 0.252 e. The molecule has 4 rings (SSSR count). The van der Waals surface area contributed by atoms with Crippen LogP contribution in [0.4, 0.5) is 5.13 Å². The maximum atomic E-state index is 13.6. The van der Waals surface area contributed by atoms with E-state index >= 15 is 0 Å². The van der Waals surface area contributed by atoms with Crippen molar-refractivity contribution in [1.29, 1.82) is 0 Å². The molecular formula is C21H24BrClN4O3S3. The van der Waals surface area contributed by atoms with Crippen LogP contribution in [0.3, 0.4) is 0 Å². The molecule has 0 radical (unpaired) electrons. The minimum absolute atomic E-state index is 0.00573. The largest absolute Gasteiger partial charge is 0.308 e. The molecular weight excluding hydrogens is 568 g/mol. The van der Waals surface area contributed by atoms with Crippen LogP contribution in [0.1, 0.15) is 12.8 Å². The molecule has 7 nitrogen and oxygen atoms in total. The molecule has 3 heterocycles. The van der Waals surface area contributed by atoms with Gasteiger partial charge in [-0.15, -0.1) is 11.3 Å². The van der Waals surface area contributed by atoms with Gasteiger partial charge in [-0.2, -0.15) is 4.31 Å². The summed E-state index contributed by atoms with van der Waals surface area (Å²) in [6.07, 6.45) is 0.957. The molecule has 0 N–H and O–H groups in total. The average Bonchev–Trinajstić information content (AvgIpc) is 3.40. The number of anilines is 1. The highest BCUT2D eigenvalue weighted by molar-refractivity contribution is 9.10. The number of thiazole rings is 1. The normalized spacial score (nSPS) is 16.0. The number of nitrogens with zero attached hydrogens (tertiary/aromatic N) is 4. The number of sulfonamides is 1. The Morgan fingerprint density at radius 3 is 2.55 bits per heavy atom. The minimum Gasteiger partial charge on any atom is -0.308 e. The van der Waals surface area contributed by atoms with Gasteiger partial charge in [0.05, 0.1) is 14.6 Å². The monoisotopic (exact) mass is 590 g/mol. The van der Waals surface area contributed by atoms with Gasteiger partial charge in [0, 0.05) is 36.6 Å². The lowest BCUT2D eigenvalue weighted by Gasteiger charge is -2.33. The molecule has 3 aromatic rings. The highest BCUT2D eigenvalue weighted by Crippen LogP contribution is 2.34. The Bertz CT molecular complexity index is 1250. The van der Waals surface area contributed by atoms with Crippen molar-refractivity contribution in [2.45, 2.75) is 17.1 Å². The summed E-state index contributed by atoms with van der Waals surface area (Å²) in [5.41, 5.74) is 0.858. The molecule has 178 valence electrons. The van der Waals surface area contributed by atoms with Crippen molar-refractivity contribution in [3.63, 3.8) is 0 Å². The number of aromatic nitrogens is 1. The number of amides is 1. The third kappa shape index (κ3) is 5.61. The predicted octanol–water partition coefficient (Wildman–Crippen LogP) is 4.77. The van der Waals surface area contributed by atoms with Crippen molar-refractivity contribution >= 4 is 81.5 Å². The molecule has 0 atom stereocenters. The van der Waals surface area contributed by atoms with E-state index in [1.807, 2.05) is 37.2 Å². The summed E-state index contributed by atoms with van der Waals surface area (Å²) in [7, 11) is 0.357. The predicted molar refractivity (Wildman–Crippen MR) is 139 cm³/mol. The Balaban J connectivity index is 1.51. The quantitative estimate of drug-likeness (QED) is 0.396. The fourth-order valence-corrected chi connectivity index (χ4v) is 8.38. The third-order valence-electron chi connectivity index (χ3n) is 5.55. The average molecular weight is 592 g/mol. The van der Waals surface area contributed by atoms with E-state index in [1.54, 1.807) is 11.0 Å². The molecule has 1 amide bonds. The summed E-state index contributed by atoms with van der Waals surface area (Å²) in [5.74, 6) is -0.240. The van der Waals surface area contributed by atoms with Gasteiger partial charge in [0.1, 0.15) is 4.21 Å². The molecule has 1 aliphatic heterocycles. The lowest BCUT2D eigenvalue weighted by molar-refractivity contribution is -0.123. The van der Waals surface area contributed by atoms with Crippen molar-refractivity contribution < 1.29 is 13.2 Å². The number of carbonyl (C=O) groups excluding carboxylic acids is 1. The molecule has 0 spiro atoms. The summed E-state index contributed by atoms with van der Waals surface area (Å²) in [4.78, 5) is 22.1. The van der Waals surface area contributed by atoms with Gasteiger partial charge in [-0.05, 0) is 57.3 Å². The Hall–Kier alpha value is -1.08. The molecule has 0 saturated carbocycles. The van der Waals surface area contributed by atoms with E-state index in [4.69, 9.17) is 16.6 Å². The second-order valence-corrected chi connectivity index (χ2v) is 13.9. The Morgan fingerprint density at radius 2 is 1.91 bits per heavy atom. The van der Waals surface area contributed by atoms with Gasteiger partial charge in [0.2, 0.25) is 5.91 Å². The Kier molecular flexibility index (Phi) is 7.79. The lowest BCUT2D eigenvalue weighted by Crippen LogP contribution is -2.45. The van der Waals surface area contributed by atoms with Crippen LogP contribution in [0.5, 0.6) is 0 Å². The maximum Gasteiger partial charge on any atom is 0.252 e. The standard InChI is InChI=1S/C21H24BrClN4O3S3/c1-25(2)11-12-27(21-24-16-4-3-15(22)13-17(16)31-21)20(28)14-7-9-26(10-8-14)33(29,30)19-6-5-18(23)32-19/h3-6,13-14H,7-12H2,1-2H3. The molecule has 1 aliphatic rings. The van der Waals surface area contributed by atoms with Crippen LogP contribution in [-0.2, 0) is 14.8 Å². The molecule has 1 fully saturated rings. The highest BCUT2D eigenvalue weighted by Gasteiger charge is 2.35. The van der Waals surface area contributed by atoms with E-state index in [2.05, 4.69) is 15.9 Å². The van der Waals surface area contributed by atoms with E-state index in [-0.39, 0.29) is 16.0 Å². The van der Waals surface area contributed by atoms with Crippen molar-refractivity contribution in [3.8, 4) is 0 Å². The van der Waals surface area contributed by atoms with Crippen LogP contribution in [0.2, 0.25) is 4.34 Å². The fourth-order valence-electron chi connectivity index (χ4n) is 3.73. The second-order valence-electron chi connectivity index (χ2n) is 8.14. The van der Waals surface area contributed by atoms with E-state index in [0.717, 1.165) is 26.0 Å². The number of benzene rings is 1. The molecule has 1 aromatic carbocycles. The van der Waals surface area contributed by atoms with E-state index in [0.29, 0.717) is 48.5 Å². The zero-order valence-corrected chi connectivity index (χ0v) is 23.0. The van der Waals surface area contributed by atoms with Crippen molar-refractivity contribution in [1.82, 2.24) is 14.2 Å². The van der Waals surface area contributed by atoms with E-state index < -0.39 is 10.0 Å². The number of halogens is 2. The van der Waals surface area contributed by atoms with Gasteiger partial charge >= 0.3 is 0 Å². The van der Waals surface area contributed by atoms with Gasteiger partial charge in [0.25, 0.3) is 10.0 Å². The molecule has 1 saturated heterocycles. The number of fused-ring (bicyclic) bond motifs is 1.